The van der Waals surface area contributed by atoms with Gasteiger partial charge in [0.1, 0.15) is 5.82 Å². The molecule has 1 N–H and O–H groups in total. The Morgan fingerprint density at radius 2 is 2.00 bits per heavy atom. The molecule has 0 amide bonds. The van der Waals surface area contributed by atoms with Crippen LogP contribution in [-0.4, -0.2) is 11.5 Å². The Balaban J connectivity index is 2.35. The van der Waals surface area contributed by atoms with E-state index in [0.29, 0.717) is 10.0 Å². The van der Waals surface area contributed by atoms with Crippen LogP contribution in [0.25, 0.3) is 0 Å². The van der Waals surface area contributed by atoms with Gasteiger partial charge in [0.05, 0.1) is 28.0 Å². The van der Waals surface area contributed by atoms with Crippen LogP contribution in [-0.2, 0) is 0 Å². The van der Waals surface area contributed by atoms with Crippen molar-refractivity contribution in [3.63, 3.8) is 0 Å². The molecule has 2 aromatic rings. The van der Waals surface area contributed by atoms with Gasteiger partial charge in [0, 0.05) is 0 Å². The van der Waals surface area contributed by atoms with Crippen LogP contribution in [0.4, 0.5) is 4.39 Å². The zero-order valence-corrected chi connectivity index (χ0v) is 12.5. The lowest BCUT2D eigenvalue weighted by atomic mass is 10.0. The number of hydrogen-bond acceptors (Lipinski definition) is 2. The average Bonchev–Trinajstić information content (AvgIpc) is 2.45. The molecule has 0 aliphatic heterocycles. The van der Waals surface area contributed by atoms with Crippen LogP contribution in [0.2, 0.25) is 10.0 Å². The van der Waals surface area contributed by atoms with E-state index in [1.165, 1.54) is 12.3 Å². The molecular weight excluding hydrogens is 298 g/mol. The van der Waals surface area contributed by atoms with Crippen LogP contribution < -0.4 is 5.32 Å². The molecule has 20 heavy (non-hydrogen) atoms. The molecule has 0 radical (unpaired) electrons. The molecule has 1 aromatic carbocycles. The number of benzene rings is 1. The van der Waals surface area contributed by atoms with Gasteiger partial charge < -0.3 is 5.32 Å². The maximum atomic E-state index is 13.0. The number of halogens is 3. The summed E-state index contributed by atoms with van der Waals surface area (Å²) in [6.45, 7) is 2.90. The second-order valence-corrected chi connectivity index (χ2v) is 5.28. The number of hydrogen-bond donors (Lipinski definition) is 1. The fourth-order valence-electron chi connectivity index (χ4n) is 1.93. The molecule has 0 spiro atoms. The molecule has 2 nitrogen and oxygen atoms in total. The van der Waals surface area contributed by atoms with Crippen molar-refractivity contribution in [3.05, 3.63) is 63.6 Å². The van der Waals surface area contributed by atoms with Gasteiger partial charge in [0.2, 0.25) is 0 Å². The highest BCUT2D eigenvalue weighted by molar-refractivity contribution is 6.42. The molecule has 0 fully saturated rings. The topological polar surface area (TPSA) is 24.9 Å². The molecule has 1 unspecified atom stereocenters. The van der Waals surface area contributed by atoms with Crippen LogP contribution in [0.15, 0.2) is 36.5 Å². The first-order valence-electron chi connectivity index (χ1n) is 6.41. The lowest BCUT2D eigenvalue weighted by molar-refractivity contribution is 0.576. The zero-order chi connectivity index (χ0) is 14.5. The molecule has 1 heterocycles. The van der Waals surface area contributed by atoms with Crippen LogP contribution >= 0.6 is 23.2 Å². The largest absolute Gasteiger partial charge is 0.305 e. The molecule has 0 saturated heterocycles. The lowest BCUT2D eigenvalue weighted by Gasteiger charge is -2.19. The minimum atomic E-state index is -0.350. The summed E-state index contributed by atoms with van der Waals surface area (Å²) in [4.78, 5) is 4.15. The molecule has 0 aliphatic rings. The SMILES string of the molecule is CCCNC(c1ccc(Cl)c(Cl)c1)c1ccc(F)cn1. The smallest absolute Gasteiger partial charge is 0.141 e. The van der Waals surface area contributed by atoms with Crippen LogP contribution in [0.1, 0.15) is 30.6 Å². The summed E-state index contributed by atoms with van der Waals surface area (Å²) in [7, 11) is 0. The third-order valence-electron chi connectivity index (χ3n) is 2.92. The quantitative estimate of drug-likeness (QED) is 0.871. The van der Waals surface area contributed by atoms with Gasteiger partial charge >= 0.3 is 0 Å². The third kappa shape index (κ3) is 3.69. The van der Waals surface area contributed by atoms with Crippen molar-refractivity contribution in [3.8, 4) is 0 Å². The van der Waals surface area contributed by atoms with Crippen molar-refractivity contribution < 1.29 is 4.39 Å². The predicted molar refractivity (Wildman–Crippen MR) is 80.8 cm³/mol. The summed E-state index contributed by atoms with van der Waals surface area (Å²) >= 11 is 12.0. The Bertz CT molecular complexity index is 573. The lowest BCUT2D eigenvalue weighted by Crippen LogP contribution is -2.24. The van der Waals surface area contributed by atoms with Gasteiger partial charge in [0.15, 0.2) is 0 Å². The maximum absolute atomic E-state index is 13.0. The van der Waals surface area contributed by atoms with Crippen molar-refractivity contribution in [2.24, 2.45) is 0 Å². The summed E-state index contributed by atoms with van der Waals surface area (Å²) in [6, 6.07) is 8.40. The van der Waals surface area contributed by atoms with Gasteiger partial charge in [0.25, 0.3) is 0 Å². The minimum absolute atomic E-state index is 0.134. The van der Waals surface area contributed by atoms with Gasteiger partial charge in [-0.05, 0) is 42.8 Å². The zero-order valence-electron chi connectivity index (χ0n) is 11.0. The molecule has 1 atom stereocenters. The first-order chi connectivity index (χ1) is 9.61. The average molecular weight is 313 g/mol. The second kappa shape index (κ2) is 7.02. The van der Waals surface area contributed by atoms with E-state index >= 15 is 0 Å². The van der Waals surface area contributed by atoms with E-state index in [2.05, 4.69) is 17.2 Å². The summed E-state index contributed by atoms with van der Waals surface area (Å²) in [6.07, 6.45) is 2.20. The van der Waals surface area contributed by atoms with Crippen molar-refractivity contribution in [1.82, 2.24) is 10.3 Å². The molecule has 5 heteroatoms. The second-order valence-electron chi connectivity index (χ2n) is 4.46. The third-order valence-corrected chi connectivity index (χ3v) is 3.66. The van der Waals surface area contributed by atoms with Crippen LogP contribution in [0, 0.1) is 5.82 Å². The van der Waals surface area contributed by atoms with Crippen LogP contribution in [0.3, 0.4) is 0 Å². The van der Waals surface area contributed by atoms with Gasteiger partial charge in [-0.15, -0.1) is 0 Å². The fraction of sp³-hybridized carbons (Fsp3) is 0.267. The van der Waals surface area contributed by atoms with Gasteiger partial charge in [-0.3, -0.25) is 4.98 Å². The molecule has 0 saturated carbocycles. The van der Waals surface area contributed by atoms with Crippen molar-refractivity contribution in [2.45, 2.75) is 19.4 Å². The Morgan fingerprint density at radius 1 is 1.20 bits per heavy atom. The normalized spacial score (nSPS) is 12.4. The van der Waals surface area contributed by atoms with Crippen molar-refractivity contribution in [1.29, 1.82) is 0 Å². The standard InChI is InChI=1S/C15H15Cl2FN2/c1-2-7-19-15(14-6-4-11(18)9-20-14)10-3-5-12(16)13(17)8-10/h3-6,8-9,15,19H,2,7H2,1H3. The molecule has 0 bridgehead atoms. The summed E-state index contributed by atoms with van der Waals surface area (Å²) in [5.74, 6) is -0.350. The molecule has 0 aliphatic carbocycles. The Hall–Kier alpha value is -1.16. The summed E-state index contributed by atoms with van der Waals surface area (Å²) in [5.41, 5.74) is 1.70. The summed E-state index contributed by atoms with van der Waals surface area (Å²) in [5, 5.41) is 4.39. The highest BCUT2D eigenvalue weighted by Gasteiger charge is 2.16. The Morgan fingerprint density at radius 3 is 2.60 bits per heavy atom. The van der Waals surface area contributed by atoms with E-state index < -0.39 is 0 Å². The van der Waals surface area contributed by atoms with Crippen molar-refractivity contribution >= 4 is 23.2 Å². The van der Waals surface area contributed by atoms with E-state index in [0.717, 1.165) is 24.2 Å². The first-order valence-corrected chi connectivity index (χ1v) is 7.17. The van der Waals surface area contributed by atoms with Crippen LogP contribution in [0.5, 0.6) is 0 Å². The monoisotopic (exact) mass is 312 g/mol. The Kier molecular flexibility index (Phi) is 5.35. The predicted octanol–water partition coefficient (Wildman–Crippen LogP) is 4.62. The van der Waals surface area contributed by atoms with Gasteiger partial charge in [-0.1, -0.05) is 36.2 Å². The van der Waals surface area contributed by atoms with E-state index in [1.807, 2.05) is 12.1 Å². The molecule has 106 valence electrons. The van der Waals surface area contributed by atoms with E-state index in [1.54, 1.807) is 12.1 Å². The minimum Gasteiger partial charge on any atom is -0.305 e. The Labute approximate surface area is 127 Å². The number of nitrogens with one attached hydrogen (secondary N) is 1. The summed E-state index contributed by atoms with van der Waals surface area (Å²) < 4.78 is 13.0. The number of pyridine rings is 1. The van der Waals surface area contributed by atoms with E-state index in [4.69, 9.17) is 23.2 Å². The van der Waals surface area contributed by atoms with E-state index in [-0.39, 0.29) is 11.9 Å². The van der Waals surface area contributed by atoms with Gasteiger partial charge in [-0.25, -0.2) is 4.39 Å². The van der Waals surface area contributed by atoms with Gasteiger partial charge in [-0.2, -0.15) is 0 Å². The number of nitrogens with zero attached hydrogens (tertiary/aromatic N) is 1. The molecule has 1 aromatic heterocycles. The number of rotatable bonds is 5. The van der Waals surface area contributed by atoms with Crippen molar-refractivity contribution in [2.75, 3.05) is 6.54 Å². The number of aromatic nitrogens is 1. The highest BCUT2D eigenvalue weighted by atomic mass is 35.5. The molecule has 2 rings (SSSR count). The highest BCUT2D eigenvalue weighted by Crippen LogP contribution is 2.28. The van der Waals surface area contributed by atoms with E-state index in [9.17, 15) is 4.39 Å². The first kappa shape index (κ1) is 15.2. The maximum Gasteiger partial charge on any atom is 0.141 e. The fourth-order valence-corrected chi connectivity index (χ4v) is 2.24. The molecular formula is C15H15Cl2FN2.